The molecule has 0 bridgehead atoms. The first-order chi connectivity index (χ1) is 8.52. The van der Waals surface area contributed by atoms with Crippen molar-refractivity contribution in [1.29, 1.82) is 0 Å². The van der Waals surface area contributed by atoms with Gasteiger partial charge in [0.05, 0.1) is 11.4 Å². The lowest BCUT2D eigenvalue weighted by atomic mass is 10.2. The molecule has 2 aromatic rings. The lowest BCUT2D eigenvalue weighted by Crippen LogP contribution is -2.03. The van der Waals surface area contributed by atoms with Crippen LogP contribution in [0.15, 0.2) is 12.3 Å². The molecular formula is C14H22N4. The highest BCUT2D eigenvalue weighted by Gasteiger charge is 2.08. The second kappa shape index (κ2) is 4.88. The quantitative estimate of drug-likeness (QED) is 0.900. The van der Waals surface area contributed by atoms with Gasteiger partial charge in [-0.2, -0.15) is 5.10 Å². The van der Waals surface area contributed by atoms with Gasteiger partial charge in [-0.25, -0.2) is 0 Å². The highest BCUT2D eigenvalue weighted by atomic mass is 15.3. The van der Waals surface area contributed by atoms with Gasteiger partial charge >= 0.3 is 0 Å². The average Bonchev–Trinajstić information content (AvgIpc) is 2.76. The van der Waals surface area contributed by atoms with E-state index >= 15 is 0 Å². The Morgan fingerprint density at radius 1 is 1.28 bits per heavy atom. The molecule has 2 rings (SSSR count). The van der Waals surface area contributed by atoms with Gasteiger partial charge in [-0.1, -0.05) is 0 Å². The predicted molar refractivity (Wildman–Crippen MR) is 74.9 cm³/mol. The van der Waals surface area contributed by atoms with Gasteiger partial charge in [0.2, 0.25) is 0 Å². The molecule has 0 radical (unpaired) electrons. The van der Waals surface area contributed by atoms with Crippen molar-refractivity contribution in [2.24, 2.45) is 7.05 Å². The maximum absolute atomic E-state index is 4.33. The summed E-state index contributed by atoms with van der Waals surface area (Å²) in [4.78, 5) is 0. The van der Waals surface area contributed by atoms with Crippen LogP contribution in [0.3, 0.4) is 0 Å². The minimum absolute atomic E-state index is 0.853. The standard InChI is InChI=1S/C14H22N4/c1-6-18-10(2)7-13(12(18)4)8-15-14-9-17(5)16-11(14)3/h7,9,15H,6,8H2,1-5H3. The van der Waals surface area contributed by atoms with E-state index in [-0.39, 0.29) is 0 Å². The van der Waals surface area contributed by atoms with Gasteiger partial charge in [0.1, 0.15) is 0 Å². The molecule has 0 atom stereocenters. The molecule has 1 N–H and O–H groups in total. The fourth-order valence-corrected chi connectivity index (χ4v) is 2.50. The van der Waals surface area contributed by atoms with E-state index in [1.54, 1.807) is 0 Å². The molecule has 0 saturated heterocycles. The number of hydrogen-bond acceptors (Lipinski definition) is 2. The SMILES string of the molecule is CCn1c(C)cc(CNc2cn(C)nc2C)c1C. The lowest BCUT2D eigenvalue weighted by molar-refractivity contribution is 0.715. The van der Waals surface area contributed by atoms with E-state index in [1.807, 2.05) is 24.9 Å². The largest absolute Gasteiger partial charge is 0.378 e. The fourth-order valence-electron chi connectivity index (χ4n) is 2.50. The van der Waals surface area contributed by atoms with E-state index in [4.69, 9.17) is 0 Å². The van der Waals surface area contributed by atoms with Gasteiger partial charge < -0.3 is 9.88 Å². The Kier molecular flexibility index (Phi) is 3.45. The molecule has 0 fully saturated rings. The normalized spacial score (nSPS) is 10.9. The third-order valence-corrected chi connectivity index (χ3v) is 3.48. The Morgan fingerprint density at radius 3 is 2.50 bits per heavy atom. The number of nitrogens with one attached hydrogen (secondary N) is 1. The van der Waals surface area contributed by atoms with E-state index in [0.717, 1.165) is 24.5 Å². The van der Waals surface area contributed by atoms with Crippen LogP contribution < -0.4 is 5.32 Å². The van der Waals surface area contributed by atoms with Crippen molar-refractivity contribution in [3.63, 3.8) is 0 Å². The number of aryl methyl sites for hydroxylation is 3. The van der Waals surface area contributed by atoms with Crippen LogP contribution >= 0.6 is 0 Å². The van der Waals surface area contributed by atoms with Crippen LogP contribution in [0.4, 0.5) is 5.69 Å². The summed E-state index contributed by atoms with van der Waals surface area (Å²) in [7, 11) is 1.95. The first-order valence-corrected chi connectivity index (χ1v) is 6.42. The molecule has 0 aromatic carbocycles. The Bertz CT molecular complexity index is 548. The molecule has 2 heterocycles. The van der Waals surface area contributed by atoms with Crippen molar-refractivity contribution in [2.75, 3.05) is 5.32 Å². The second-order valence-corrected chi connectivity index (χ2v) is 4.80. The minimum atomic E-state index is 0.853. The number of nitrogens with zero attached hydrogens (tertiary/aromatic N) is 3. The maximum atomic E-state index is 4.33. The molecule has 18 heavy (non-hydrogen) atoms. The van der Waals surface area contributed by atoms with Gasteiger partial charge in [0.25, 0.3) is 0 Å². The average molecular weight is 246 g/mol. The molecule has 0 aliphatic carbocycles. The molecule has 0 spiro atoms. The maximum Gasteiger partial charge on any atom is 0.0825 e. The third kappa shape index (κ3) is 2.28. The van der Waals surface area contributed by atoms with Crippen LogP contribution in [0, 0.1) is 20.8 Å². The highest BCUT2D eigenvalue weighted by Crippen LogP contribution is 2.18. The first kappa shape index (κ1) is 12.7. The Balaban J connectivity index is 2.13. The summed E-state index contributed by atoms with van der Waals surface area (Å²) in [5, 5.41) is 7.79. The molecule has 4 nitrogen and oxygen atoms in total. The van der Waals surface area contributed by atoms with Crippen molar-refractivity contribution in [2.45, 2.75) is 40.8 Å². The Morgan fingerprint density at radius 2 is 2.00 bits per heavy atom. The zero-order chi connectivity index (χ0) is 13.3. The van der Waals surface area contributed by atoms with Crippen molar-refractivity contribution < 1.29 is 0 Å². The molecule has 2 aromatic heterocycles. The summed E-state index contributed by atoms with van der Waals surface area (Å²) in [6.45, 7) is 10.4. The zero-order valence-corrected chi connectivity index (χ0v) is 11.9. The van der Waals surface area contributed by atoms with Crippen molar-refractivity contribution in [3.05, 3.63) is 34.9 Å². The van der Waals surface area contributed by atoms with E-state index in [1.165, 1.54) is 17.0 Å². The molecule has 0 aliphatic rings. The van der Waals surface area contributed by atoms with Gasteiger partial charge in [-0.15, -0.1) is 0 Å². The number of rotatable bonds is 4. The van der Waals surface area contributed by atoms with Crippen LogP contribution in [-0.2, 0) is 20.1 Å². The zero-order valence-electron chi connectivity index (χ0n) is 11.9. The topological polar surface area (TPSA) is 34.8 Å². The van der Waals surface area contributed by atoms with Crippen LogP contribution in [0.1, 0.15) is 29.6 Å². The van der Waals surface area contributed by atoms with Gasteiger partial charge in [-0.3, -0.25) is 4.68 Å². The highest BCUT2D eigenvalue weighted by molar-refractivity contribution is 5.46. The molecule has 0 amide bonds. The van der Waals surface area contributed by atoms with Gasteiger partial charge in [0.15, 0.2) is 0 Å². The third-order valence-electron chi connectivity index (χ3n) is 3.48. The molecule has 0 aliphatic heterocycles. The summed E-state index contributed by atoms with van der Waals surface area (Å²) in [6, 6.07) is 2.26. The van der Waals surface area contributed by atoms with Crippen LogP contribution in [0.25, 0.3) is 0 Å². The van der Waals surface area contributed by atoms with Crippen molar-refractivity contribution >= 4 is 5.69 Å². The van der Waals surface area contributed by atoms with E-state index in [2.05, 4.69) is 41.8 Å². The number of hydrogen-bond donors (Lipinski definition) is 1. The van der Waals surface area contributed by atoms with Crippen LogP contribution in [-0.4, -0.2) is 14.3 Å². The summed E-state index contributed by atoms with van der Waals surface area (Å²) in [5.41, 5.74) is 6.19. The van der Waals surface area contributed by atoms with Crippen molar-refractivity contribution in [3.8, 4) is 0 Å². The first-order valence-electron chi connectivity index (χ1n) is 6.42. The van der Waals surface area contributed by atoms with Gasteiger partial charge in [-0.05, 0) is 39.3 Å². The predicted octanol–water partition coefficient (Wildman–Crippen LogP) is 2.78. The Hall–Kier alpha value is -1.71. The second-order valence-electron chi connectivity index (χ2n) is 4.80. The molecule has 98 valence electrons. The van der Waals surface area contributed by atoms with Crippen molar-refractivity contribution in [1.82, 2.24) is 14.3 Å². The summed E-state index contributed by atoms with van der Waals surface area (Å²) in [5.74, 6) is 0. The molecule has 0 saturated carbocycles. The summed E-state index contributed by atoms with van der Waals surface area (Å²) in [6.07, 6.45) is 2.02. The van der Waals surface area contributed by atoms with E-state index < -0.39 is 0 Å². The number of anilines is 1. The van der Waals surface area contributed by atoms with E-state index in [9.17, 15) is 0 Å². The Labute approximate surface area is 109 Å². The molecular weight excluding hydrogens is 224 g/mol. The monoisotopic (exact) mass is 246 g/mol. The summed E-state index contributed by atoms with van der Waals surface area (Å²) < 4.78 is 4.18. The van der Waals surface area contributed by atoms with Gasteiger partial charge in [0, 0.05) is 37.7 Å². The molecule has 0 unspecified atom stereocenters. The smallest absolute Gasteiger partial charge is 0.0825 e. The lowest BCUT2D eigenvalue weighted by Gasteiger charge is -2.07. The summed E-state index contributed by atoms with van der Waals surface area (Å²) >= 11 is 0. The minimum Gasteiger partial charge on any atom is -0.378 e. The van der Waals surface area contributed by atoms with E-state index in [0.29, 0.717) is 0 Å². The molecule has 4 heteroatoms. The van der Waals surface area contributed by atoms with Crippen LogP contribution in [0.2, 0.25) is 0 Å². The van der Waals surface area contributed by atoms with Crippen LogP contribution in [0.5, 0.6) is 0 Å². The number of aromatic nitrogens is 3. The fraction of sp³-hybridized carbons (Fsp3) is 0.500.